The van der Waals surface area contributed by atoms with Gasteiger partial charge in [-0.2, -0.15) is 0 Å². The smallest absolute Gasteiger partial charge is 0.269 e. The van der Waals surface area contributed by atoms with Crippen LogP contribution < -0.4 is 21.9 Å². The summed E-state index contributed by atoms with van der Waals surface area (Å²) in [6.07, 6.45) is 1.29. The summed E-state index contributed by atoms with van der Waals surface area (Å²) in [5, 5.41) is 4.25. The second kappa shape index (κ2) is 8.30. The van der Waals surface area contributed by atoms with E-state index in [-0.39, 0.29) is 17.4 Å². The van der Waals surface area contributed by atoms with Crippen LogP contribution >= 0.6 is 34.8 Å². The molecule has 2 aromatic carbocycles. The van der Waals surface area contributed by atoms with Crippen LogP contribution in [0, 0.1) is 0 Å². The first-order valence-corrected chi connectivity index (χ1v) is 8.72. The number of halogens is 3. The minimum absolute atomic E-state index is 0.185. The number of amides is 1. The Labute approximate surface area is 169 Å². The van der Waals surface area contributed by atoms with Gasteiger partial charge in [0.1, 0.15) is 12.0 Å². The van der Waals surface area contributed by atoms with Crippen molar-refractivity contribution in [3.63, 3.8) is 0 Å². The van der Waals surface area contributed by atoms with E-state index in [1.165, 1.54) is 6.33 Å². The number of hydrogen-bond acceptors (Lipinski definition) is 6. The Balaban J connectivity index is 1.74. The van der Waals surface area contributed by atoms with Gasteiger partial charge >= 0.3 is 0 Å². The molecule has 1 amide bonds. The molecule has 5 N–H and O–H groups in total. The Morgan fingerprint density at radius 1 is 0.963 bits per heavy atom. The zero-order valence-electron chi connectivity index (χ0n) is 13.6. The van der Waals surface area contributed by atoms with E-state index in [0.717, 1.165) is 0 Å². The van der Waals surface area contributed by atoms with Gasteiger partial charge in [-0.05, 0) is 36.4 Å². The maximum absolute atomic E-state index is 12.2. The molecule has 0 spiro atoms. The van der Waals surface area contributed by atoms with Gasteiger partial charge in [-0.25, -0.2) is 9.97 Å². The monoisotopic (exact) mass is 422 g/mol. The summed E-state index contributed by atoms with van der Waals surface area (Å²) in [6, 6.07) is 11.6. The summed E-state index contributed by atoms with van der Waals surface area (Å²) in [7, 11) is 0. The largest absolute Gasteiger partial charge is 0.393 e. The molecule has 1 heterocycles. The van der Waals surface area contributed by atoms with Gasteiger partial charge in [0.25, 0.3) is 5.91 Å². The van der Waals surface area contributed by atoms with Crippen LogP contribution in [0.15, 0.2) is 48.8 Å². The van der Waals surface area contributed by atoms with Crippen LogP contribution in [0.5, 0.6) is 0 Å². The fraction of sp³-hybridized carbons (Fsp3) is 0. The first-order valence-electron chi connectivity index (χ1n) is 7.59. The van der Waals surface area contributed by atoms with E-state index in [4.69, 9.17) is 40.5 Å². The fourth-order valence-electron chi connectivity index (χ4n) is 2.11. The van der Waals surface area contributed by atoms with Crippen molar-refractivity contribution in [3.8, 4) is 0 Å². The van der Waals surface area contributed by atoms with E-state index >= 15 is 0 Å². The van der Waals surface area contributed by atoms with E-state index < -0.39 is 0 Å². The van der Waals surface area contributed by atoms with E-state index in [1.807, 2.05) is 0 Å². The van der Waals surface area contributed by atoms with Crippen molar-refractivity contribution in [3.05, 3.63) is 69.4 Å². The predicted octanol–water partition coefficient (Wildman–Crippen LogP) is 4.52. The first kappa shape index (κ1) is 19.0. The molecule has 7 nitrogen and oxygen atoms in total. The van der Waals surface area contributed by atoms with Crippen molar-refractivity contribution in [2.24, 2.45) is 0 Å². The molecular weight excluding hydrogens is 411 g/mol. The number of nitrogens with zero attached hydrogens (tertiary/aromatic N) is 2. The molecule has 27 heavy (non-hydrogen) atoms. The molecule has 0 aliphatic heterocycles. The highest BCUT2D eigenvalue weighted by molar-refractivity contribution is 6.43. The molecule has 10 heteroatoms. The lowest BCUT2D eigenvalue weighted by Gasteiger charge is -2.14. The van der Waals surface area contributed by atoms with Crippen molar-refractivity contribution in [1.29, 1.82) is 0 Å². The number of hydrogen-bond donors (Lipinski definition) is 4. The molecule has 0 saturated heterocycles. The summed E-state index contributed by atoms with van der Waals surface area (Å²) in [4.78, 5) is 20.3. The van der Waals surface area contributed by atoms with Gasteiger partial charge in [-0.3, -0.25) is 15.6 Å². The van der Waals surface area contributed by atoms with Crippen LogP contribution in [0.1, 0.15) is 10.4 Å². The molecule has 0 bridgehead atoms. The number of benzene rings is 2. The van der Waals surface area contributed by atoms with E-state index in [9.17, 15) is 4.79 Å². The van der Waals surface area contributed by atoms with Crippen LogP contribution in [-0.2, 0) is 0 Å². The van der Waals surface area contributed by atoms with Crippen molar-refractivity contribution in [2.45, 2.75) is 0 Å². The average Bonchev–Trinajstić information content (AvgIpc) is 2.66. The van der Waals surface area contributed by atoms with Gasteiger partial charge in [-0.1, -0.05) is 40.9 Å². The standard InChI is InChI=1S/C17H13Cl3N6O/c18-10-6-4-9(5-7-10)17(27)26-25-16-14(21)15(22-8-23-16)24-12-3-1-2-11(19)13(12)20/h1-8H,21H2,(H,26,27)(H2,22,23,24,25). The average molecular weight is 424 g/mol. The first-order chi connectivity index (χ1) is 13.0. The van der Waals surface area contributed by atoms with E-state index in [2.05, 4.69) is 26.1 Å². The van der Waals surface area contributed by atoms with Crippen LogP contribution in [-0.4, -0.2) is 15.9 Å². The number of carbonyl (C=O) groups excluding carboxylic acids is 1. The summed E-state index contributed by atoms with van der Waals surface area (Å²) in [5.74, 6) is 0.141. The second-order valence-corrected chi connectivity index (χ2v) is 6.52. The lowest BCUT2D eigenvalue weighted by Crippen LogP contribution is -2.30. The fourth-order valence-corrected chi connectivity index (χ4v) is 2.59. The molecule has 0 aliphatic rings. The molecule has 0 saturated carbocycles. The number of nitrogens with two attached hydrogens (primary N) is 1. The van der Waals surface area contributed by atoms with Crippen molar-refractivity contribution >= 4 is 63.7 Å². The lowest BCUT2D eigenvalue weighted by atomic mass is 10.2. The molecular formula is C17H13Cl3N6O. The Morgan fingerprint density at radius 2 is 1.67 bits per heavy atom. The molecule has 3 aromatic rings. The molecule has 0 atom stereocenters. The van der Waals surface area contributed by atoms with Gasteiger partial charge in [0, 0.05) is 10.6 Å². The molecule has 0 fully saturated rings. The van der Waals surface area contributed by atoms with Gasteiger partial charge in [0.2, 0.25) is 0 Å². The Kier molecular flexibility index (Phi) is 5.85. The maximum Gasteiger partial charge on any atom is 0.269 e. The minimum atomic E-state index is -0.378. The number of aromatic nitrogens is 2. The van der Waals surface area contributed by atoms with Crippen molar-refractivity contribution in [1.82, 2.24) is 15.4 Å². The number of rotatable bonds is 5. The van der Waals surface area contributed by atoms with Crippen molar-refractivity contribution in [2.75, 3.05) is 16.5 Å². The number of hydrazine groups is 1. The van der Waals surface area contributed by atoms with Crippen LogP contribution in [0.4, 0.5) is 23.0 Å². The third kappa shape index (κ3) is 4.51. The van der Waals surface area contributed by atoms with Gasteiger partial charge in [0.05, 0.1) is 15.7 Å². The quantitative estimate of drug-likeness (QED) is 0.450. The summed E-state index contributed by atoms with van der Waals surface area (Å²) in [5.41, 5.74) is 12.4. The predicted molar refractivity (Wildman–Crippen MR) is 109 cm³/mol. The van der Waals surface area contributed by atoms with E-state index in [0.29, 0.717) is 32.1 Å². The Bertz CT molecular complexity index is 981. The summed E-state index contributed by atoms with van der Waals surface area (Å²) in [6.45, 7) is 0. The molecule has 1 aromatic heterocycles. The molecule has 0 radical (unpaired) electrons. The molecule has 3 rings (SSSR count). The van der Waals surface area contributed by atoms with Gasteiger partial charge < -0.3 is 11.1 Å². The van der Waals surface area contributed by atoms with Gasteiger partial charge in [-0.15, -0.1) is 0 Å². The topological polar surface area (TPSA) is 105 Å². The highest BCUT2D eigenvalue weighted by Gasteiger charge is 2.12. The Morgan fingerprint density at radius 3 is 2.41 bits per heavy atom. The maximum atomic E-state index is 12.2. The van der Waals surface area contributed by atoms with E-state index in [1.54, 1.807) is 42.5 Å². The van der Waals surface area contributed by atoms with Crippen LogP contribution in [0.3, 0.4) is 0 Å². The summed E-state index contributed by atoms with van der Waals surface area (Å²) < 4.78 is 0. The normalized spacial score (nSPS) is 10.3. The number of nitrogens with one attached hydrogen (secondary N) is 3. The van der Waals surface area contributed by atoms with Crippen LogP contribution in [0.25, 0.3) is 0 Å². The zero-order valence-corrected chi connectivity index (χ0v) is 15.9. The lowest BCUT2D eigenvalue weighted by molar-refractivity contribution is 0.0962. The zero-order chi connectivity index (χ0) is 19.4. The van der Waals surface area contributed by atoms with Crippen molar-refractivity contribution < 1.29 is 4.79 Å². The highest BCUT2D eigenvalue weighted by atomic mass is 35.5. The Hall–Kier alpha value is -2.74. The molecule has 0 aliphatic carbocycles. The second-order valence-electron chi connectivity index (χ2n) is 5.30. The summed E-state index contributed by atoms with van der Waals surface area (Å²) >= 11 is 18.0. The number of carbonyl (C=O) groups is 1. The highest BCUT2D eigenvalue weighted by Crippen LogP contribution is 2.33. The molecule has 0 unspecified atom stereocenters. The third-order valence-corrected chi connectivity index (χ3v) is 4.56. The SMILES string of the molecule is Nc1c(NNC(=O)c2ccc(Cl)cc2)ncnc1Nc1cccc(Cl)c1Cl. The molecule has 138 valence electrons. The van der Waals surface area contributed by atoms with Crippen LogP contribution in [0.2, 0.25) is 15.1 Å². The number of anilines is 4. The third-order valence-electron chi connectivity index (χ3n) is 3.49. The minimum Gasteiger partial charge on any atom is -0.393 e. The van der Waals surface area contributed by atoms with Gasteiger partial charge in [0.15, 0.2) is 11.6 Å². The number of nitrogen functional groups attached to an aromatic ring is 1.